The predicted octanol–water partition coefficient (Wildman–Crippen LogP) is 1.25. The summed E-state index contributed by atoms with van der Waals surface area (Å²) in [5.74, 6) is 0.501. The zero-order valence-corrected chi connectivity index (χ0v) is 12.6. The van der Waals surface area contributed by atoms with Crippen molar-refractivity contribution in [1.29, 1.82) is 5.26 Å². The molecule has 0 saturated carbocycles. The van der Waals surface area contributed by atoms with E-state index in [2.05, 4.69) is 11.4 Å². The molecule has 0 aliphatic carbocycles. The van der Waals surface area contributed by atoms with Crippen molar-refractivity contribution in [3.05, 3.63) is 29.8 Å². The quantitative estimate of drug-likeness (QED) is 0.855. The van der Waals surface area contributed by atoms with Gasteiger partial charge in [-0.2, -0.15) is 5.26 Å². The van der Waals surface area contributed by atoms with Gasteiger partial charge in [-0.1, -0.05) is 0 Å². The lowest BCUT2D eigenvalue weighted by molar-refractivity contribution is -0.128. The van der Waals surface area contributed by atoms with Gasteiger partial charge in [0.1, 0.15) is 18.5 Å². The average molecular weight is 304 g/mol. The van der Waals surface area contributed by atoms with E-state index in [4.69, 9.17) is 19.5 Å². The summed E-state index contributed by atoms with van der Waals surface area (Å²) < 4.78 is 16.4. The summed E-state index contributed by atoms with van der Waals surface area (Å²) in [7, 11) is 0. The van der Waals surface area contributed by atoms with Gasteiger partial charge in [0.15, 0.2) is 0 Å². The number of nitriles is 1. The molecular weight excluding hydrogens is 284 g/mol. The van der Waals surface area contributed by atoms with Crippen molar-refractivity contribution >= 4 is 5.91 Å². The predicted molar refractivity (Wildman–Crippen MR) is 79.4 cm³/mol. The Morgan fingerprint density at radius 2 is 2.23 bits per heavy atom. The molecule has 1 N–H and O–H groups in total. The first-order chi connectivity index (χ1) is 10.7. The van der Waals surface area contributed by atoms with E-state index in [1.807, 2.05) is 6.92 Å². The summed E-state index contributed by atoms with van der Waals surface area (Å²) in [5, 5.41) is 11.7. The number of nitrogens with zero attached hydrogens (tertiary/aromatic N) is 1. The van der Waals surface area contributed by atoms with Crippen molar-refractivity contribution in [2.45, 2.75) is 25.5 Å². The number of nitrogens with one attached hydrogen (secondary N) is 1. The van der Waals surface area contributed by atoms with E-state index < -0.39 is 0 Å². The van der Waals surface area contributed by atoms with Crippen LogP contribution in [0, 0.1) is 11.3 Å². The lowest BCUT2D eigenvalue weighted by Gasteiger charge is -2.32. The number of hydrogen-bond donors (Lipinski definition) is 1. The summed E-state index contributed by atoms with van der Waals surface area (Å²) in [6.07, 6.45) is 0.436. The molecule has 1 fully saturated rings. The van der Waals surface area contributed by atoms with Crippen LogP contribution in [0.3, 0.4) is 0 Å². The third-order valence-electron chi connectivity index (χ3n) is 3.36. The first-order valence-electron chi connectivity index (χ1n) is 7.34. The Morgan fingerprint density at radius 3 is 2.91 bits per heavy atom. The number of carbonyl (C=O) groups excluding carboxylic acids is 1. The molecule has 1 heterocycles. The van der Waals surface area contributed by atoms with Crippen molar-refractivity contribution in [2.24, 2.45) is 0 Å². The van der Waals surface area contributed by atoms with Gasteiger partial charge in [0.2, 0.25) is 5.91 Å². The molecule has 22 heavy (non-hydrogen) atoms. The average Bonchev–Trinajstić information content (AvgIpc) is 2.55. The summed E-state index contributed by atoms with van der Waals surface area (Å²) in [4.78, 5) is 11.8. The Kier molecular flexibility index (Phi) is 6.19. The molecule has 1 aromatic rings. The number of carbonyl (C=O) groups is 1. The summed E-state index contributed by atoms with van der Waals surface area (Å²) in [6, 6.07) is 8.82. The molecule has 1 amide bonds. The van der Waals surface area contributed by atoms with E-state index >= 15 is 0 Å². The van der Waals surface area contributed by atoms with Gasteiger partial charge in [0.25, 0.3) is 0 Å². The van der Waals surface area contributed by atoms with Crippen molar-refractivity contribution in [2.75, 3.05) is 26.4 Å². The zero-order valence-electron chi connectivity index (χ0n) is 12.6. The van der Waals surface area contributed by atoms with Crippen LogP contribution in [-0.4, -0.2) is 44.5 Å². The van der Waals surface area contributed by atoms with Crippen LogP contribution in [0.25, 0.3) is 0 Å². The smallest absolute Gasteiger partial charge is 0.246 e. The molecule has 2 rings (SSSR count). The number of hydrogen-bond acceptors (Lipinski definition) is 5. The molecule has 0 spiro atoms. The third kappa shape index (κ3) is 4.72. The van der Waals surface area contributed by atoms with E-state index in [1.54, 1.807) is 24.3 Å². The fraction of sp³-hybridized carbons (Fsp3) is 0.500. The Hall–Kier alpha value is -2.10. The highest BCUT2D eigenvalue weighted by atomic mass is 16.5. The Balaban J connectivity index is 1.93. The maximum absolute atomic E-state index is 11.8. The number of ether oxygens (including phenoxy) is 3. The van der Waals surface area contributed by atoms with Gasteiger partial charge in [-0.05, 0) is 37.6 Å². The van der Waals surface area contributed by atoms with Crippen molar-refractivity contribution in [3.63, 3.8) is 0 Å². The Bertz CT molecular complexity index is 524. The summed E-state index contributed by atoms with van der Waals surface area (Å²) in [6.45, 7) is 3.41. The molecule has 0 aromatic heterocycles. The maximum atomic E-state index is 11.8. The van der Waals surface area contributed by atoms with Crippen LogP contribution in [-0.2, 0) is 14.3 Å². The van der Waals surface area contributed by atoms with Gasteiger partial charge in [0.05, 0.1) is 24.3 Å². The molecule has 118 valence electrons. The fourth-order valence-electron chi connectivity index (χ4n) is 2.22. The minimum Gasteiger partial charge on any atom is -0.486 e. The first-order valence-corrected chi connectivity index (χ1v) is 7.34. The molecule has 1 aliphatic heterocycles. The zero-order chi connectivity index (χ0) is 15.8. The van der Waals surface area contributed by atoms with Crippen LogP contribution in [0.15, 0.2) is 24.3 Å². The number of benzene rings is 1. The molecule has 6 nitrogen and oxygen atoms in total. The van der Waals surface area contributed by atoms with Crippen molar-refractivity contribution in [3.8, 4) is 11.8 Å². The monoisotopic (exact) mass is 304 g/mol. The second kappa shape index (κ2) is 8.37. The second-order valence-electron chi connectivity index (χ2n) is 4.97. The number of amides is 1. The van der Waals surface area contributed by atoms with Crippen molar-refractivity contribution < 1.29 is 19.0 Å². The minimum atomic E-state index is -0.257. The highest BCUT2D eigenvalue weighted by Gasteiger charge is 2.28. The molecule has 0 radical (unpaired) electrons. The Labute approximate surface area is 130 Å². The van der Waals surface area contributed by atoms with E-state index in [-0.39, 0.29) is 24.7 Å². The molecular formula is C16H20N2O4. The normalized spacial score (nSPS) is 20.9. The topological polar surface area (TPSA) is 80.6 Å². The van der Waals surface area contributed by atoms with Gasteiger partial charge in [-0.3, -0.25) is 4.79 Å². The Morgan fingerprint density at radius 1 is 1.45 bits per heavy atom. The van der Waals surface area contributed by atoms with Gasteiger partial charge < -0.3 is 19.5 Å². The second-order valence-corrected chi connectivity index (χ2v) is 4.97. The summed E-state index contributed by atoms with van der Waals surface area (Å²) in [5.41, 5.74) is 0.578. The number of rotatable bonds is 6. The van der Waals surface area contributed by atoms with E-state index in [9.17, 15) is 4.79 Å². The molecule has 2 atom stereocenters. The van der Waals surface area contributed by atoms with Gasteiger partial charge in [-0.15, -0.1) is 0 Å². The molecule has 1 aromatic carbocycles. The SMILES string of the molecule is CCOCC(=O)N[C@@H]1CCOC[C@H]1Oc1ccc(C#N)cc1. The first kappa shape index (κ1) is 16.3. The largest absolute Gasteiger partial charge is 0.486 e. The van der Waals surface area contributed by atoms with Crippen LogP contribution in [0.1, 0.15) is 18.9 Å². The molecule has 0 bridgehead atoms. The van der Waals surface area contributed by atoms with Crippen LogP contribution in [0.4, 0.5) is 0 Å². The highest BCUT2D eigenvalue weighted by molar-refractivity contribution is 5.77. The molecule has 1 aliphatic rings. The van der Waals surface area contributed by atoms with Gasteiger partial charge >= 0.3 is 0 Å². The fourth-order valence-corrected chi connectivity index (χ4v) is 2.22. The van der Waals surface area contributed by atoms with Crippen LogP contribution < -0.4 is 10.1 Å². The highest BCUT2D eigenvalue weighted by Crippen LogP contribution is 2.18. The standard InChI is InChI=1S/C16H20N2O4/c1-2-20-11-16(19)18-14-7-8-21-10-15(14)22-13-5-3-12(9-17)4-6-13/h3-6,14-15H,2,7-8,10-11H2,1H3,(H,18,19)/t14-,15-/m1/s1. The molecule has 1 saturated heterocycles. The van der Waals surface area contributed by atoms with Crippen LogP contribution in [0.5, 0.6) is 5.75 Å². The van der Waals surface area contributed by atoms with E-state index in [0.29, 0.717) is 37.6 Å². The van der Waals surface area contributed by atoms with Crippen LogP contribution >= 0.6 is 0 Å². The van der Waals surface area contributed by atoms with E-state index in [1.165, 1.54) is 0 Å². The summed E-state index contributed by atoms with van der Waals surface area (Å²) >= 11 is 0. The lowest BCUT2D eigenvalue weighted by atomic mass is 10.1. The van der Waals surface area contributed by atoms with Crippen LogP contribution in [0.2, 0.25) is 0 Å². The molecule has 0 unspecified atom stereocenters. The molecule has 6 heteroatoms. The van der Waals surface area contributed by atoms with Crippen molar-refractivity contribution in [1.82, 2.24) is 5.32 Å². The lowest BCUT2D eigenvalue weighted by Crippen LogP contribution is -2.52. The van der Waals surface area contributed by atoms with Gasteiger partial charge in [0, 0.05) is 13.2 Å². The maximum Gasteiger partial charge on any atom is 0.246 e. The van der Waals surface area contributed by atoms with Gasteiger partial charge in [-0.25, -0.2) is 0 Å². The minimum absolute atomic E-state index is 0.0530. The third-order valence-corrected chi connectivity index (χ3v) is 3.36. The van der Waals surface area contributed by atoms with E-state index in [0.717, 1.165) is 0 Å².